The number of rotatable bonds is 6. The number of aliphatic carboxylic acids is 1. The lowest BCUT2D eigenvalue weighted by molar-refractivity contribution is -0.153. The minimum atomic E-state index is -1.57. The molecule has 1 aromatic rings. The van der Waals surface area contributed by atoms with Gasteiger partial charge in [0.05, 0.1) is 0 Å². The second-order valence-corrected chi connectivity index (χ2v) is 6.23. The maximum absolute atomic E-state index is 12.6. The van der Waals surface area contributed by atoms with Crippen LogP contribution in [0.5, 0.6) is 0 Å². The number of carbonyl (C=O) groups is 3. The molecule has 136 valence electrons. The third-order valence-corrected chi connectivity index (χ3v) is 4.54. The number of nitrogens with zero attached hydrogens (tertiary/aromatic N) is 1. The zero-order chi connectivity index (χ0) is 18.4. The van der Waals surface area contributed by atoms with Crippen LogP contribution in [0.1, 0.15) is 42.5 Å². The number of nitrogens with one attached hydrogen (secondary N) is 1. The molecule has 1 aliphatic carbocycles. The van der Waals surface area contributed by atoms with Crippen molar-refractivity contribution in [3.05, 3.63) is 29.8 Å². The first-order valence-electron chi connectivity index (χ1n) is 8.37. The van der Waals surface area contributed by atoms with E-state index < -0.39 is 18.0 Å². The molecule has 25 heavy (non-hydrogen) atoms. The van der Waals surface area contributed by atoms with Crippen molar-refractivity contribution in [2.24, 2.45) is 0 Å². The Bertz CT molecular complexity index is 623. The number of amides is 2. The molecule has 1 aliphatic rings. The van der Waals surface area contributed by atoms with Crippen molar-refractivity contribution in [2.45, 2.75) is 44.2 Å². The molecule has 1 atom stereocenters. The van der Waals surface area contributed by atoms with Gasteiger partial charge in [-0.15, -0.1) is 0 Å². The molecule has 0 saturated heterocycles. The number of benzene rings is 1. The topological polar surface area (TPSA) is 95.9 Å². The fourth-order valence-corrected chi connectivity index (χ4v) is 3.06. The van der Waals surface area contributed by atoms with Crippen molar-refractivity contribution < 1.29 is 24.2 Å². The molecule has 0 radical (unpaired) electrons. The van der Waals surface area contributed by atoms with Crippen molar-refractivity contribution in [1.29, 1.82) is 0 Å². The molecular formula is C18H24N2O5. The van der Waals surface area contributed by atoms with E-state index in [1.807, 2.05) is 7.05 Å². The molecule has 1 saturated carbocycles. The molecule has 0 aliphatic heterocycles. The van der Waals surface area contributed by atoms with Crippen LogP contribution in [0.25, 0.3) is 0 Å². The number of methoxy groups -OCH3 is 1. The van der Waals surface area contributed by atoms with Crippen LogP contribution in [0.3, 0.4) is 0 Å². The van der Waals surface area contributed by atoms with E-state index in [1.165, 1.54) is 6.42 Å². The van der Waals surface area contributed by atoms with Crippen molar-refractivity contribution in [1.82, 2.24) is 4.90 Å². The number of hydrogen-bond donors (Lipinski definition) is 2. The smallest absolute Gasteiger partial charge is 0.342 e. The van der Waals surface area contributed by atoms with Crippen LogP contribution in [-0.2, 0) is 14.3 Å². The van der Waals surface area contributed by atoms with E-state index in [0.717, 1.165) is 32.8 Å². The lowest BCUT2D eigenvalue weighted by Gasteiger charge is -2.31. The maximum atomic E-state index is 12.6. The molecular weight excluding hydrogens is 324 g/mol. The van der Waals surface area contributed by atoms with Gasteiger partial charge in [0.25, 0.3) is 11.8 Å². The highest BCUT2D eigenvalue weighted by molar-refractivity contribution is 6.07. The SMILES string of the molecule is COC(C(=O)O)C(=O)Nc1ccc(C(=O)N(C)C2CCCCC2)cc1. The molecule has 0 heterocycles. The summed E-state index contributed by atoms with van der Waals surface area (Å²) in [6.07, 6.45) is 4.02. The van der Waals surface area contributed by atoms with Crippen LogP contribution in [0.4, 0.5) is 5.69 Å². The molecule has 0 aromatic heterocycles. The number of anilines is 1. The van der Waals surface area contributed by atoms with Gasteiger partial charge in [0, 0.05) is 31.5 Å². The van der Waals surface area contributed by atoms with Crippen molar-refractivity contribution >= 4 is 23.5 Å². The van der Waals surface area contributed by atoms with Crippen LogP contribution in [0.15, 0.2) is 24.3 Å². The molecule has 7 nitrogen and oxygen atoms in total. The summed E-state index contributed by atoms with van der Waals surface area (Å²) in [5.74, 6) is -2.18. The Hall–Kier alpha value is -2.41. The summed E-state index contributed by atoms with van der Waals surface area (Å²) < 4.78 is 4.63. The third-order valence-electron chi connectivity index (χ3n) is 4.54. The van der Waals surface area contributed by atoms with Crippen LogP contribution >= 0.6 is 0 Å². The van der Waals surface area contributed by atoms with E-state index in [0.29, 0.717) is 11.3 Å². The predicted octanol–water partition coefficient (Wildman–Crippen LogP) is 2.13. The molecule has 7 heteroatoms. The normalized spacial score (nSPS) is 16.1. The van der Waals surface area contributed by atoms with E-state index in [4.69, 9.17) is 5.11 Å². The Labute approximate surface area is 147 Å². The number of carboxylic acids is 1. The Balaban J connectivity index is 2.00. The zero-order valence-corrected chi connectivity index (χ0v) is 14.5. The molecule has 2 amide bonds. The summed E-state index contributed by atoms with van der Waals surface area (Å²) in [5.41, 5.74) is 0.942. The van der Waals surface area contributed by atoms with Gasteiger partial charge >= 0.3 is 5.97 Å². The predicted molar refractivity (Wildman–Crippen MR) is 92.5 cm³/mol. The van der Waals surface area contributed by atoms with Gasteiger partial charge in [0.2, 0.25) is 6.10 Å². The Morgan fingerprint density at radius 2 is 1.76 bits per heavy atom. The lowest BCUT2D eigenvalue weighted by atomic mass is 9.94. The molecule has 1 unspecified atom stereocenters. The number of carbonyl (C=O) groups excluding carboxylic acids is 2. The minimum Gasteiger partial charge on any atom is -0.479 e. The summed E-state index contributed by atoms with van der Waals surface area (Å²) in [4.78, 5) is 37.1. The average Bonchev–Trinajstić information content (AvgIpc) is 2.62. The van der Waals surface area contributed by atoms with E-state index in [9.17, 15) is 14.4 Å². The first-order chi connectivity index (χ1) is 11.9. The summed E-state index contributed by atoms with van der Waals surface area (Å²) in [7, 11) is 2.98. The van der Waals surface area contributed by atoms with Gasteiger partial charge in [0.15, 0.2) is 0 Å². The van der Waals surface area contributed by atoms with Gasteiger partial charge in [-0.05, 0) is 37.1 Å². The quantitative estimate of drug-likeness (QED) is 0.768. The van der Waals surface area contributed by atoms with Crippen molar-refractivity contribution in [3.8, 4) is 0 Å². The van der Waals surface area contributed by atoms with E-state index >= 15 is 0 Å². The summed E-state index contributed by atoms with van der Waals surface area (Å²) in [6, 6.07) is 6.68. The number of hydrogen-bond acceptors (Lipinski definition) is 4. The Kier molecular flexibility index (Phi) is 6.52. The molecule has 0 bridgehead atoms. The second-order valence-electron chi connectivity index (χ2n) is 6.23. The van der Waals surface area contributed by atoms with E-state index in [1.54, 1.807) is 29.2 Å². The van der Waals surface area contributed by atoms with Crippen molar-refractivity contribution in [3.63, 3.8) is 0 Å². The maximum Gasteiger partial charge on any atom is 0.342 e. The van der Waals surface area contributed by atoms with Gasteiger partial charge in [-0.3, -0.25) is 9.59 Å². The van der Waals surface area contributed by atoms with Gasteiger partial charge in [0.1, 0.15) is 0 Å². The van der Waals surface area contributed by atoms with Crippen LogP contribution in [-0.4, -0.2) is 54.1 Å². The van der Waals surface area contributed by atoms with Gasteiger partial charge in [-0.2, -0.15) is 0 Å². The lowest BCUT2D eigenvalue weighted by Crippen LogP contribution is -2.38. The fraction of sp³-hybridized carbons (Fsp3) is 0.500. The van der Waals surface area contributed by atoms with E-state index in [-0.39, 0.29) is 11.9 Å². The van der Waals surface area contributed by atoms with Gasteiger partial charge in [-0.1, -0.05) is 19.3 Å². The summed E-state index contributed by atoms with van der Waals surface area (Å²) in [6.45, 7) is 0. The highest BCUT2D eigenvalue weighted by atomic mass is 16.5. The summed E-state index contributed by atoms with van der Waals surface area (Å²) >= 11 is 0. The largest absolute Gasteiger partial charge is 0.479 e. The summed E-state index contributed by atoms with van der Waals surface area (Å²) in [5, 5.41) is 11.4. The first kappa shape index (κ1) is 18.9. The van der Waals surface area contributed by atoms with Crippen LogP contribution < -0.4 is 5.32 Å². The molecule has 1 fully saturated rings. The fourth-order valence-electron chi connectivity index (χ4n) is 3.06. The van der Waals surface area contributed by atoms with Crippen LogP contribution in [0.2, 0.25) is 0 Å². The van der Waals surface area contributed by atoms with Crippen LogP contribution in [0, 0.1) is 0 Å². The second kappa shape index (κ2) is 8.62. The molecule has 1 aromatic carbocycles. The molecule has 0 spiro atoms. The number of ether oxygens (including phenoxy) is 1. The van der Waals surface area contributed by atoms with E-state index in [2.05, 4.69) is 10.1 Å². The molecule has 2 rings (SSSR count). The number of carboxylic acid groups (broad SMARTS) is 1. The average molecular weight is 348 g/mol. The standard InChI is InChI=1S/C18H24N2O5/c1-20(14-6-4-3-5-7-14)17(22)12-8-10-13(11-9-12)19-16(21)15(25-2)18(23)24/h8-11,14-15H,3-7H2,1-2H3,(H,19,21)(H,23,24). The van der Waals surface area contributed by atoms with Gasteiger partial charge < -0.3 is 20.1 Å². The third kappa shape index (κ3) is 4.79. The molecule has 2 N–H and O–H groups in total. The highest BCUT2D eigenvalue weighted by Gasteiger charge is 2.26. The first-order valence-corrected chi connectivity index (χ1v) is 8.37. The van der Waals surface area contributed by atoms with Crippen molar-refractivity contribution in [2.75, 3.05) is 19.5 Å². The highest BCUT2D eigenvalue weighted by Crippen LogP contribution is 2.23. The Morgan fingerprint density at radius 1 is 1.16 bits per heavy atom. The zero-order valence-electron chi connectivity index (χ0n) is 14.5. The minimum absolute atomic E-state index is 0.0509. The monoisotopic (exact) mass is 348 g/mol. The Morgan fingerprint density at radius 3 is 2.28 bits per heavy atom. The van der Waals surface area contributed by atoms with Gasteiger partial charge in [-0.25, -0.2) is 4.79 Å².